The molecule has 0 unspecified atom stereocenters. The van der Waals surface area contributed by atoms with Gasteiger partial charge in [0.1, 0.15) is 11.2 Å². The van der Waals surface area contributed by atoms with Gasteiger partial charge in [0.2, 0.25) is 0 Å². The molecule has 0 N–H and O–H groups in total. The normalized spacial score (nSPS) is 11.3. The van der Waals surface area contributed by atoms with Crippen LogP contribution in [0.5, 0.6) is 0 Å². The van der Waals surface area contributed by atoms with Crippen LogP contribution in [0.4, 0.5) is 0 Å². The van der Waals surface area contributed by atoms with Crippen molar-refractivity contribution in [3.05, 3.63) is 108 Å². The number of nitrogens with zero attached hydrogens (tertiary/aromatic N) is 2. The maximum absolute atomic E-state index is 6.15. The molecule has 0 aliphatic carbocycles. The van der Waals surface area contributed by atoms with Crippen molar-refractivity contribution in [3.8, 4) is 28.2 Å². The molecule has 199 valence electrons. The number of imidazole rings is 1. The predicted molar refractivity (Wildman–Crippen MR) is 158 cm³/mol. The SMILES string of the molecule is CCCCCCc1cc(C)c(-n2ccnc2-c2[c-]cccc2)c(C)c1-c1ccc2oc3ccccc3c2c1.[Ir]. The minimum atomic E-state index is 0. The van der Waals surface area contributed by atoms with Crippen LogP contribution >= 0.6 is 0 Å². The molecule has 0 aliphatic rings. The summed E-state index contributed by atoms with van der Waals surface area (Å²) in [4.78, 5) is 4.73. The van der Waals surface area contributed by atoms with Crippen molar-refractivity contribution in [1.82, 2.24) is 9.55 Å². The van der Waals surface area contributed by atoms with E-state index in [0.29, 0.717) is 0 Å². The quantitative estimate of drug-likeness (QED) is 0.118. The van der Waals surface area contributed by atoms with Crippen LogP contribution in [0, 0.1) is 19.9 Å². The van der Waals surface area contributed by atoms with Gasteiger partial charge in [-0.2, -0.15) is 0 Å². The van der Waals surface area contributed by atoms with E-state index in [1.165, 1.54) is 64.6 Å². The molecule has 0 amide bonds. The molecule has 2 heterocycles. The van der Waals surface area contributed by atoms with Gasteiger partial charge in [-0.15, -0.1) is 35.9 Å². The summed E-state index contributed by atoms with van der Waals surface area (Å²) in [6.45, 7) is 6.77. The molecule has 3 nitrogen and oxygen atoms in total. The van der Waals surface area contributed by atoms with E-state index in [1.54, 1.807) is 0 Å². The molecule has 4 heteroatoms. The van der Waals surface area contributed by atoms with E-state index in [4.69, 9.17) is 9.40 Å². The predicted octanol–water partition coefficient (Wildman–Crippen LogP) is 9.64. The number of aryl methyl sites for hydroxylation is 2. The Morgan fingerprint density at radius 3 is 2.51 bits per heavy atom. The zero-order chi connectivity index (χ0) is 26.1. The molecular formula is C35H33IrN2O-. The third-order valence-corrected chi connectivity index (χ3v) is 7.61. The second-order valence-electron chi connectivity index (χ2n) is 10.2. The standard InChI is InChI=1S/C35H33N2O.Ir/c1-4-5-6-8-15-27-22-24(2)34(37-21-20-36-35(37)26-13-9-7-10-14-26)25(3)33(27)28-18-19-32-30(23-28)29-16-11-12-17-31(29)38-32;/h7,9-13,16-23H,4-6,8,15H2,1-3H3;/q-1;. The van der Waals surface area contributed by atoms with E-state index < -0.39 is 0 Å². The van der Waals surface area contributed by atoms with Crippen LogP contribution < -0.4 is 0 Å². The minimum Gasteiger partial charge on any atom is -0.456 e. The average molecular weight is 690 g/mol. The average Bonchev–Trinajstić information content (AvgIpc) is 3.56. The van der Waals surface area contributed by atoms with E-state index in [9.17, 15) is 0 Å². The zero-order valence-corrected chi connectivity index (χ0v) is 25.1. The summed E-state index contributed by atoms with van der Waals surface area (Å²) in [5, 5.41) is 2.33. The van der Waals surface area contributed by atoms with Crippen molar-refractivity contribution in [1.29, 1.82) is 0 Å². The Bertz CT molecular complexity index is 1730. The fraction of sp³-hybridized carbons (Fsp3) is 0.229. The van der Waals surface area contributed by atoms with E-state index in [2.05, 4.69) is 80.1 Å². The summed E-state index contributed by atoms with van der Waals surface area (Å²) < 4.78 is 8.37. The van der Waals surface area contributed by atoms with Gasteiger partial charge in [-0.1, -0.05) is 56.5 Å². The number of fused-ring (bicyclic) bond motifs is 3. The van der Waals surface area contributed by atoms with Crippen molar-refractivity contribution in [3.63, 3.8) is 0 Å². The van der Waals surface area contributed by atoms with Crippen molar-refractivity contribution in [2.24, 2.45) is 0 Å². The van der Waals surface area contributed by atoms with Gasteiger partial charge in [-0.3, -0.25) is 4.98 Å². The monoisotopic (exact) mass is 690 g/mol. The molecule has 6 aromatic rings. The Hall–Kier alpha value is -3.46. The van der Waals surface area contributed by atoms with Crippen LogP contribution in [-0.4, -0.2) is 9.55 Å². The maximum Gasteiger partial charge on any atom is 0.135 e. The maximum atomic E-state index is 6.15. The summed E-state index contributed by atoms with van der Waals surface area (Å²) in [6, 6.07) is 28.8. The van der Waals surface area contributed by atoms with Crippen LogP contribution in [-0.2, 0) is 26.5 Å². The zero-order valence-electron chi connectivity index (χ0n) is 22.8. The molecule has 0 spiro atoms. The van der Waals surface area contributed by atoms with E-state index in [0.717, 1.165) is 34.4 Å². The molecular weight excluding hydrogens is 657 g/mol. The number of rotatable bonds is 8. The van der Waals surface area contributed by atoms with Gasteiger partial charge in [-0.05, 0) is 72.7 Å². The molecule has 1 radical (unpaired) electrons. The second kappa shape index (κ2) is 11.7. The molecule has 39 heavy (non-hydrogen) atoms. The number of hydrogen-bond acceptors (Lipinski definition) is 2. The number of unbranched alkanes of at least 4 members (excludes halogenated alkanes) is 3. The van der Waals surface area contributed by atoms with Crippen LogP contribution in [0.1, 0.15) is 49.3 Å². The number of furan rings is 1. The van der Waals surface area contributed by atoms with E-state index in [-0.39, 0.29) is 20.1 Å². The summed E-state index contributed by atoms with van der Waals surface area (Å²) in [5.41, 5.74) is 10.6. The molecule has 0 saturated carbocycles. The number of hydrogen-bond donors (Lipinski definition) is 0. The Labute approximate surface area is 244 Å². The van der Waals surface area contributed by atoms with Gasteiger partial charge in [0.15, 0.2) is 0 Å². The fourth-order valence-electron chi connectivity index (χ4n) is 5.87. The van der Waals surface area contributed by atoms with Gasteiger partial charge in [0.05, 0.1) is 5.82 Å². The van der Waals surface area contributed by atoms with Crippen molar-refractivity contribution >= 4 is 21.9 Å². The second-order valence-corrected chi connectivity index (χ2v) is 10.2. The first kappa shape index (κ1) is 27.1. The van der Waals surface area contributed by atoms with Crippen LogP contribution in [0.15, 0.2) is 89.6 Å². The Balaban J connectivity index is 0.00000308. The summed E-state index contributed by atoms with van der Waals surface area (Å²) in [7, 11) is 0. The van der Waals surface area contributed by atoms with E-state index in [1.807, 2.05) is 36.5 Å². The molecule has 0 aliphatic heterocycles. The van der Waals surface area contributed by atoms with Gasteiger partial charge >= 0.3 is 0 Å². The molecule has 0 fully saturated rings. The van der Waals surface area contributed by atoms with Crippen molar-refractivity contribution in [2.75, 3.05) is 0 Å². The van der Waals surface area contributed by atoms with Gasteiger partial charge in [0, 0.05) is 49.0 Å². The topological polar surface area (TPSA) is 31.0 Å². The van der Waals surface area contributed by atoms with Gasteiger partial charge in [0.25, 0.3) is 0 Å². The summed E-state index contributed by atoms with van der Waals surface area (Å²) >= 11 is 0. The third kappa shape index (κ3) is 5.12. The molecule has 4 aromatic carbocycles. The Kier molecular flexibility index (Phi) is 8.16. The number of para-hydroxylation sites is 1. The largest absolute Gasteiger partial charge is 0.456 e. The van der Waals surface area contributed by atoms with Crippen molar-refractivity contribution in [2.45, 2.75) is 52.9 Å². The number of aromatic nitrogens is 2. The minimum absolute atomic E-state index is 0. The number of benzene rings is 4. The Morgan fingerprint density at radius 2 is 1.69 bits per heavy atom. The Morgan fingerprint density at radius 1 is 0.872 bits per heavy atom. The molecule has 0 atom stereocenters. The first-order valence-electron chi connectivity index (χ1n) is 13.7. The fourth-order valence-corrected chi connectivity index (χ4v) is 5.87. The van der Waals surface area contributed by atoms with Crippen molar-refractivity contribution < 1.29 is 24.5 Å². The third-order valence-electron chi connectivity index (χ3n) is 7.61. The molecule has 6 rings (SSSR count). The van der Waals surface area contributed by atoms with Crippen LogP contribution in [0.2, 0.25) is 0 Å². The summed E-state index contributed by atoms with van der Waals surface area (Å²) in [5.74, 6) is 0.912. The van der Waals surface area contributed by atoms with Crippen LogP contribution in [0.25, 0.3) is 50.1 Å². The van der Waals surface area contributed by atoms with Gasteiger partial charge in [-0.25, -0.2) is 0 Å². The molecule has 0 saturated heterocycles. The molecule has 2 aromatic heterocycles. The molecule has 0 bridgehead atoms. The van der Waals surface area contributed by atoms with Crippen LogP contribution in [0.3, 0.4) is 0 Å². The van der Waals surface area contributed by atoms with E-state index >= 15 is 0 Å². The first-order valence-corrected chi connectivity index (χ1v) is 13.7. The van der Waals surface area contributed by atoms with Gasteiger partial charge < -0.3 is 8.98 Å². The summed E-state index contributed by atoms with van der Waals surface area (Å²) in [6.07, 6.45) is 10.0. The smallest absolute Gasteiger partial charge is 0.135 e. The first-order chi connectivity index (χ1) is 18.7.